The summed E-state index contributed by atoms with van der Waals surface area (Å²) in [5.41, 5.74) is 18.7. The van der Waals surface area contributed by atoms with Gasteiger partial charge in [-0.3, -0.25) is 0 Å². The highest BCUT2D eigenvalue weighted by molar-refractivity contribution is 6.41. The van der Waals surface area contributed by atoms with Crippen molar-refractivity contribution >= 4 is 43.1 Å². The molecular weight excluding hydrogens is 711 g/mol. The van der Waals surface area contributed by atoms with Crippen LogP contribution in [-0.2, 0) is 0 Å². The van der Waals surface area contributed by atoms with Crippen molar-refractivity contribution in [3.63, 3.8) is 0 Å². The fourth-order valence-electron chi connectivity index (χ4n) is 10.5. The minimum absolute atomic E-state index is 0.239. The molecule has 0 bridgehead atoms. The molecule has 0 unspecified atom stereocenters. The van der Waals surface area contributed by atoms with Crippen LogP contribution in [0.1, 0.15) is 0 Å². The smallest absolute Gasteiger partial charge is 0.123 e. The molecular formula is C56H30F2. The molecule has 0 aromatic heterocycles. The lowest BCUT2D eigenvalue weighted by molar-refractivity contribution is 0.627. The van der Waals surface area contributed by atoms with Crippen LogP contribution in [0.15, 0.2) is 182 Å². The summed E-state index contributed by atoms with van der Waals surface area (Å²) in [5.74, 6) is -0.477. The second-order valence-corrected chi connectivity index (χ2v) is 15.7. The summed E-state index contributed by atoms with van der Waals surface area (Å²) in [7, 11) is 0. The predicted octanol–water partition coefficient (Wildman–Crippen LogP) is 16.0. The van der Waals surface area contributed by atoms with Gasteiger partial charge in [-0.1, -0.05) is 158 Å². The summed E-state index contributed by atoms with van der Waals surface area (Å²) < 4.78 is 28.5. The number of hydrogen-bond acceptors (Lipinski definition) is 0. The van der Waals surface area contributed by atoms with E-state index in [1.165, 1.54) is 110 Å². The summed E-state index contributed by atoms with van der Waals surface area (Å²) in [6, 6.07) is 62.6. The minimum atomic E-state index is -0.239. The van der Waals surface area contributed by atoms with Gasteiger partial charge < -0.3 is 0 Å². The predicted molar refractivity (Wildman–Crippen MR) is 238 cm³/mol. The molecule has 0 amide bonds. The molecule has 0 atom stereocenters. The van der Waals surface area contributed by atoms with Crippen molar-refractivity contribution in [3.8, 4) is 89.0 Å². The monoisotopic (exact) mass is 740 g/mol. The van der Waals surface area contributed by atoms with Crippen LogP contribution in [0.4, 0.5) is 8.78 Å². The van der Waals surface area contributed by atoms with E-state index in [-0.39, 0.29) is 11.6 Å². The quantitative estimate of drug-likeness (QED) is 0.124. The van der Waals surface area contributed by atoms with Crippen LogP contribution >= 0.6 is 0 Å². The van der Waals surface area contributed by atoms with E-state index in [2.05, 4.69) is 133 Å². The van der Waals surface area contributed by atoms with Gasteiger partial charge in [-0.2, -0.15) is 0 Å². The van der Waals surface area contributed by atoms with Gasteiger partial charge in [-0.15, -0.1) is 0 Å². The lowest BCUT2D eigenvalue weighted by Crippen LogP contribution is -1.89. The minimum Gasteiger partial charge on any atom is -0.207 e. The number of fused-ring (bicyclic) bond motifs is 8. The van der Waals surface area contributed by atoms with E-state index in [9.17, 15) is 8.78 Å². The third kappa shape index (κ3) is 4.16. The molecule has 0 aliphatic heterocycles. The van der Waals surface area contributed by atoms with Crippen LogP contribution in [0.2, 0.25) is 0 Å². The van der Waals surface area contributed by atoms with Crippen molar-refractivity contribution in [3.05, 3.63) is 194 Å². The molecule has 0 N–H and O–H groups in total. The highest BCUT2D eigenvalue weighted by Gasteiger charge is 2.33. The average molecular weight is 741 g/mol. The second-order valence-electron chi connectivity index (χ2n) is 15.7. The Balaban J connectivity index is 1.12. The lowest BCUT2D eigenvalue weighted by Gasteiger charge is -2.17. The summed E-state index contributed by atoms with van der Waals surface area (Å²) in [5, 5.41) is 10.0. The molecule has 2 aliphatic carbocycles. The molecule has 58 heavy (non-hydrogen) atoms. The Morgan fingerprint density at radius 3 is 0.759 bits per heavy atom. The van der Waals surface area contributed by atoms with Crippen molar-refractivity contribution in [2.24, 2.45) is 0 Å². The van der Waals surface area contributed by atoms with E-state index in [4.69, 9.17) is 0 Å². The number of rotatable bonds is 4. The number of halogens is 2. The standard InChI is InChI=1S/C56H30F2/c57-35-15-11-33(12-16-35)39-21-19-37(31-7-3-1-4-8-31)49-45-27-23-41-44-26-30-48-52-40(34-13-17-36(58)18-14-34)22-20-38(32-9-5-2-6-10-32)50(52)46-28-24-42(54(44)56(46)48)43-25-29-47(51(39)49)55(45)53(41)43/h1-30H. The third-order valence-electron chi connectivity index (χ3n) is 12.9. The van der Waals surface area contributed by atoms with Crippen molar-refractivity contribution in [1.82, 2.24) is 0 Å². The molecule has 0 saturated heterocycles. The molecule has 11 aromatic rings. The van der Waals surface area contributed by atoms with Crippen LogP contribution in [0.3, 0.4) is 0 Å². The van der Waals surface area contributed by atoms with Gasteiger partial charge in [0, 0.05) is 0 Å². The van der Waals surface area contributed by atoms with Crippen LogP contribution < -0.4 is 0 Å². The molecule has 268 valence electrons. The highest BCUT2D eigenvalue weighted by Crippen LogP contribution is 2.60. The number of benzene rings is 11. The van der Waals surface area contributed by atoms with Crippen molar-refractivity contribution in [2.45, 2.75) is 0 Å². The first-order valence-corrected chi connectivity index (χ1v) is 19.8. The molecule has 2 heteroatoms. The fourth-order valence-corrected chi connectivity index (χ4v) is 10.5. The van der Waals surface area contributed by atoms with E-state index < -0.39 is 0 Å². The molecule has 11 aromatic carbocycles. The first kappa shape index (κ1) is 31.7. The van der Waals surface area contributed by atoms with E-state index >= 15 is 0 Å². The van der Waals surface area contributed by atoms with Gasteiger partial charge in [-0.25, -0.2) is 8.78 Å². The van der Waals surface area contributed by atoms with Gasteiger partial charge in [-0.05, 0) is 156 Å². The second kappa shape index (κ2) is 11.6. The van der Waals surface area contributed by atoms with Gasteiger partial charge in [0.1, 0.15) is 11.6 Å². The SMILES string of the molecule is Fc1ccc(-c2ccc(-c3ccccc3)c3c2-c2ccc4c5ccc6c7c(ccc(c8ccc-3c2c84)c75)-c2c(-c3ccc(F)cc3)ccc(-c3ccccc3)c2-6)cc1. The van der Waals surface area contributed by atoms with Crippen molar-refractivity contribution in [2.75, 3.05) is 0 Å². The summed E-state index contributed by atoms with van der Waals surface area (Å²) in [6.45, 7) is 0. The topological polar surface area (TPSA) is 0 Å². The lowest BCUT2D eigenvalue weighted by atomic mass is 9.86. The molecule has 0 nitrogen and oxygen atoms in total. The van der Waals surface area contributed by atoms with Crippen LogP contribution in [-0.4, -0.2) is 0 Å². The van der Waals surface area contributed by atoms with Crippen molar-refractivity contribution in [1.29, 1.82) is 0 Å². The van der Waals surface area contributed by atoms with Gasteiger partial charge >= 0.3 is 0 Å². The molecule has 0 fully saturated rings. The van der Waals surface area contributed by atoms with Gasteiger partial charge in [0.25, 0.3) is 0 Å². The van der Waals surface area contributed by atoms with Crippen molar-refractivity contribution < 1.29 is 8.78 Å². The molecule has 13 rings (SSSR count). The Kier molecular flexibility index (Phi) is 6.33. The molecule has 0 saturated carbocycles. The van der Waals surface area contributed by atoms with E-state index in [0.717, 1.165) is 22.3 Å². The first-order valence-electron chi connectivity index (χ1n) is 19.8. The maximum atomic E-state index is 14.2. The van der Waals surface area contributed by atoms with Gasteiger partial charge in [0.15, 0.2) is 0 Å². The van der Waals surface area contributed by atoms with Crippen LogP contribution in [0, 0.1) is 11.6 Å². The molecule has 0 radical (unpaired) electrons. The Morgan fingerprint density at radius 1 is 0.207 bits per heavy atom. The molecule has 0 spiro atoms. The first-order chi connectivity index (χ1) is 28.6. The van der Waals surface area contributed by atoms with Gasteiger partial charge in [0.2, 0.25) is 0 Å². The summed E-state index contributed by atoms with van der Waals surface area (Å²) >= 11 is 0. The van der Waals surface area contributed by atoms with E-state index in [1.807, 2.05) is 24.3 Å². The third-order valence-corrected chi connectivity index (χ3v) is 12.9. The summed E-state index contributed by atoms with van der Waals surface area (Å²) in [4.78, 5) is 0. The zero-order valence-corrected chi connectivity index (χ0v) is 31.1. The zero-order chi connectivity index (χ0) is 38.2. The Morgan fingerprint density at radius 2 is 0.466 bits per heavy atom. The highest BCUT2D eigenvalue weighted by atomic mass is 19.1. The molecule has 2 aliphatic rings. The Labute approximate surface area is 333 Å². The van der Waals surface area contributed by atoms with Crippen LogP contribution in [0.5, 0.6) is 0 Å². The maximum Gasteiger partial charge on any atom is 0.123 e. The Hall–Kier alpha value is -7.42. The molecule has 0 heterocycles. The average Bonchev–Trinajstić information content (AvgIpc) is 3.81. The maximum absolute atomic E-state index is 14.2. The fraction of sp³-hybridized carbons (Fsp3) is 0. The summed E-state index contributed by atoms with van der Waals surface area (Å²) in [6.07, 6.45) is 0. The largest absolute Gasteiger partial charge is 0.207 e. The normalized spacial score (nSPS) is 12.3. The number of hydrogen-bond donors (Lipinski definition) is 0. The zero-order valence-electron chi connectivity index (χ0n) is 31.1. The van der Waals surface area contributed by atoms with E-state index in [1.54, 1.807) is 24.3 Å². The van der Waals surface area contributed by atoms with Crippen LogP contribution in [0.25, 0.3) is 132 Å². The van der Waals surface area contributed by atoms with E-state index in [0.29, 0.717) is 0 Å². The van der Waals surface area contributed by atoms with Gasteiger partial charge in [0.05, 0.1) is 0 Å². The Bertz CT molecular complexity index is 3270.